The molecule has 0 aliphatic carbocycles. The second-order valence-corrected chi connectivity index (χ2v) is 10.6. The first-order chi connectivity index (χ1) is 10.1. The molecule has 22 heavy (non-hydrogen) atoms. The van der Waals surface area contributed by atoms with Gasteiger partial charge in [0, 0.05) is 32.2 Å². The van der Waals surface area contributed by atoms with Crippen molar-refractivity contribution in [3.8, 4) is 0 Å². The number of hydrogen-bond acceptors (Lipinski definition) is 4. The van der Waals surface area contributed by atoms with Gasteiger partial charge in [-0.15, -0.1) is 0 Å². The number of nitrogens with one attached hydrogen (secondary N) is 1. The molecule has 0 bridgehead atoms. The Bertz CT molecular complexity index is 580. The van der Waals surface area contributed by atoms with E-state index in [0.717, 1.165) is 12.7 Å². The Morgan fingerprint density at radius 2 is 1.55 bits per heavy atom. The lowest BCUT2D eigenvalue weighted by molar-refractivity contribution is 0.200. The van der Waals surface area contributed by atoms with Gasteiger partial charge in [0.05, 0.1) is 6.26 Å². The minimum atomic E-state index is -3.51. The zero-order chi connectivity index (χ0) is 16.5. The summed E-state index contributed by atoms with van der Waals surface area (Å²) < 4.78 is 53.9. The van der Waals surface area contributed by atoms with Gasteiger partial charge in [-0.05, 0) is 31.1 Å². The summed E-state index contributed by atoms with van der Waals surface area (Å²) in [6.07, 6.45) is 3.50. The third kappa shape index (κ3) is 4.64. The summed E-state index contributed by atoms with van der Waals surface area (Å²) in [5.74, 6) is 0.710. The Balaban J connectivity index is 2.08. The van der Waals surface area contributed by atoms with E-state index in [0.29, 0.717) is 44.3 Å². The van der Waals surface area contributed by atoms with Crippen LogP contribution in [0.3, 0.4) is 0 Å². The molecule has 130 valence electrons. The van der Waals surface area contributed by atoms with Gasteiger partial charge in [0.25, 0.3) is 10.2 Å². The molecule has 0 aromatic carbocycles. The average molecular weight is 354 g/mol. The number of sulfonamides is 1. The highest BCUT2D eigenvalue weighted by molar-refractivity contribution is 7.88. The lowest BCUT2D eigenvalue weighted by Crippen LogP contribution is -2.55. The highest BCUT2D eigenvalue weighted by Crippen LogP contribution is 2.26. The molecule has 0 radical (unpaired) electrons. The fraction of sp³-hybridized carbons (Fsp3) is 1.00. The van der Waals surface area contributed by atoms with Gasteiger partial charge < -0.3 is 0 Å². The van der Waals surface area contributed by atoms with Crippen LogP contribution in [0.4, 0.5) is 0 Å². The molecule has 0 aromatic heterocycles. The maximum atomic E-state index is 12.8. The highest BCUT2D eigenvalue weighted by atomic mass is 32.2. The third-order valence-corrected chi connectivity index (χ3v) is 6.95. The third-order valence-electron chi connectivity index (χ3n) is 4.25. The molecule has 0 unspecified atom stereocenters. The summed E-state index contributed by atoms with van der Waals surface area (Å²) in [6, 6.07) is -0.335. The van der Waals surface area contributed by atoms with Crippen molar-refractivity contribution in [2.45, 2.75) is 39.2 Å². The molecule has 2 aliphatic heterocycles. The molecule has 0 spiro atoms. The van der Waals surface area contributed by atoms with Crippen LogP contribution in [0, 0.1) is 11.8 Å². The monoisotopic (exact) mass is 353 g/mol. The zero-order valence-corrected chi connectivity index (χ0v) is 15.2. The van der Waals surface area contributed by atoms with Crippen molar-refractivity contribution >= 4 is 20.2 Å². The fourth-order valence-corrected chi connectivity index (χ4v) is 6.25. The van der Waals surface area contributed by atoms with Gasteiger partial charge in [0.2, 0.25) is 10.0 Å². The van der Waals surface area contributed by atoms with Gasteiger partial charge in [0.1, 0.15) is 0 Å². The summed E-state index contributed by atoms with van der Waals surface area (Å²) in [5, 5.41) is 0. The second kappa shape index (κ2) is 6.72. The second-order valence-electron chi connectivity index (χ2n) is 6.86. The van der Waals surface area contributed by atoms with E-state index in [9.17, 15) is 16.8 Å². The van der Waals surface area contributed by atoms with E-state index < -0.39 is 20.2 Å². The van der Waals surface area contributed by atoms with Crippen molar-refractivity contribution in [3.63, 3.8) is 0 Å². The van der Waals surface area contributed by atoms with Crippen LogP contribution in [-0.2, 0) is 20.2 Å². The molecule has 2 heterocycles. The molecule has 2 saturated heterocycles. The normalized spacial score (nSPS) is 33.0. The molecule has 3 atom stereocenters. The number of nitrogens with zero attached hydrogens (tertiary/aromatic N) is 2. The van der Waals surface area contributed by atoms with Crippen LogP contribution in [0.2, 0.25) is 0 Å². The maximum absolute atomic E-state index is 12.8. The predicted octanol–water partition coefficient (Wildman–Crippen LogP) is 0.223. The average Bonchev–Trinajstić information content (AvgIpc) is 2.35. The molecule has 0 aromatic rings. The van der Waals surface area contributed by atoms with Crippen LogP contribution in [-0.4, -0.2) is 63.9 Å². The van der Waals surface area contributed by atoms with Crippen molar-refractivity contribution in [2.24, 2.45) is 11.8 Å². The minimum absolute atomic E-state index is 0.217. The Labute approximate surface area is 134 Å². The lowest BCUT2D eigenvalue weighted by Gasteiger charge is -2.39. The Kier molecular flexibility index (Phi) is 5.54. The van der Waals surface area contributed by atoms with Gasteiger partial charge in [-0.1, -0.05) is 13.8 Å². The largest absolute Gasteiger partial charge is 0.282 e. The molecule has 9 heteroatoms. The summed E-state index contributed by atoms with van der Waals surface area (Å²) >= 11 is 0. The van der Waals surface area contributed by atoms with Crippen LogP contribution in [0.5, 0.6) is 0 Å². The molecule has 1 N–H and O–H groups in total. The summed E-state index contributed by atoms with van der Waals surface area (Å²) in [5.41, 5.74) is 0. The van der Waals surface area contributed by atoms with E-state index >= 15 is 0 Å². The zero-order valence-electron chi connectivity index (χ0n) is 13.5. The van der Waals surface area contributed by atoms with Crippen molar-refractivity contribution in [1.82, 2.24) is 13.3 Å². The first kappa shape index (κ1) is 18.1. The minimum Gasteiger partial charge on any atom is -0.213 e. The molecule has 2 aliphatic rings. The van der Waals surface area contributed by atoms with E-state index in [-0.39, 0.29) is 12.6 Å². The molecule has 0 amide bonds. The van der Waals surface area contributed by atoms with Gasteiger partial charge in [-0.3, -0.25) is 0 Å². The van der Waals surface area contributed by atoms with Crippen LogP contribution in [0.15, 0.2) is 0 Å². The Hall–Kier alpha value is -0.220. The van der Waals surface area contributed by atoms with E-state index in [2.05, 4.69) is 18.6 Å². The number of piperidine rings is 2. The standard InChI is InChI=1S/C13H27N3O4S2/c1-11-7-12(2)9-16(8-11)22(19,20)15-6-4-5-13(10-15)14-21(3,17)18/h11-14H,4-10H2,1-3H3/t11-,12+,13-/m0/s1. The molecular weight excluding hydrogens is 326 g/mol. The quantitative estimate of drug-likeness (QED) is 0.783. The van der Waals surface area contributed by atoms with Gasteiger partial charge >= 0.3 is 0 Å². The fourth-order valence-electron chi connectivity index (χ4n) is 3.51. The number of hydrogen-bond donors (Lipinski definition) is 1. The van der Waals surface area contributed by atoms with Gasteiger partial charge in [-0.2, -0.15) is 17.0 Å². The predicted molar refractivity (Wildman–Crippen MR) is 86.0 cm³/mol. The van der Waals surface area contributed by atoms with Crippen LogP contribution >= 0.6 is 0 Å². The SMILES string of the molecule is C[C@@H]1C[C@H](C)CN(S(=O)(=O)N2CCC[C@H](NS(C)(=O)=O)C2)C1. The number of rotatable bonds is 4. The first-order valence-electron chi connectivity index (χ1n) is 7.80. The van der Waals surface area contributed by atoms with E-state index in [1.54, 1.807) is 4.31 Å². The Morgan fingerprint density at radius 1 is 0.955 bits per heavy atom. The van der Waals surface area contributed by atoms with Crippen molar-refractivity contribution in [1.29, 1.82) is 0 Å². The topological polar surface area (TPSA) is 86.8 Å². The van der Waals surface area contributed by atoms with E-state index in [1.807, 2.05) is 0 Å². The molecule has 2 rings (SSSR count). The van der Waals surface area contributed by atoms with E-state index in [4.69, 9.17) is 0 Å². The van der Waals surface area contributed by atoms with Crippen LogP contribution in [0.1, 0.15) is 33.1 Å². The molecule has 7 nitrogen and oxygen atoms in total. The van der Waals surface area contributed by atoms with Crippen molar-refractivity contribution in [2.75, 3.05) is 32.4 Å². The molecule has 0 saturated carbocycles. The van der Waals surface area contributed by atoms with Gasteiger partial charge in [0.15, 0.2) is 0 Å². The molecule has 2 fully saturated rings. The van der Waals surface area contributed by atoms with Crippen molar-refractivity contribution in [3.05, 3.63) is 0 Å². The maximum Gasteiger partial charge on any atom is 0.282 e. The summed E-state index contributed by atoms with van der Waals surface area (Å²) in [6.45, 7) is 5.92. The summed E-state index contributed by atoms with van der Waals surface area (Å²) in [4.78, 5) is 0. The smallest absolute Gasteiger partial charge is 0.213 e. The van der Waals surface area contributed by atoms with Crippen LogP contribution < -0.4 is 4.72 Å². The van der Waals surface area contributed by atoms with E-state index in [1.165, 1.54) is 4.31 Å². The van der Waals surface area contributed by atoms with Gasteiger partial charge in [-0.25, -0.2) is 13.1 Å². The molecular formula is C13H27N3O4S2. The van der Waals surface area contributed by atoms with Crippen LogP contribution in [0.25, 0.3) is 0 Å². The summed E-state index contributed by atoms with van der Waals surface area (Å²) in [7, 11) is -6.83. The highest BCUT2D eigenvalue weighted by Gasteiger charge is 2.37. The van der Waals surface area contributed by atoms with Crippen molar-refractivity contribution < 1.29 is 16.8 Å². The first-order valence-corrected chi connectivity index (χ1v) is 11.1. The lowest BCUT2D eigenvalue weighted by atomic mass is 9.94. The Morgan fingerprint density at radius 3 is 2.09 bits per heavy atom.